The molecule has 1 aromatic rings. The fraction of sp³-hybridized carbons (Fsp3) is 0.579. The molecule has 4 heteroatoms. The van der Waals surface area contributed by atoms with Crippen LogP contribution in [0.1, 0.15) is 61.6 Å². The van der Waals surface area contributed by atoms with Gasteiger partial charge in [0.1, 0.15) is 5.75 Å². The standard InChI is InChI=1S/C19H28N2O2/c1-14-11-15(2)19(16(3)12-14)23-13-18(22)21-20-17-9-7-5-4-6-8-10-17/h11-12H,4-10,13H2,1-3H3,(H,21,22). The lowest BCUT2D eigenvalue weighted by Crippen LogP contribution is -2.26. The van der Waals surface area contributed by atoms with Crippen LogP contribution in [-0.2, 0) is 4.79 Å². The second-order valence-corrected chi connectivity index (χ2v) is 6.50. The van der Waals surface area contributed by atoms with E-state index in [9.17, 15) is 4.79 Å². The summed E-state index contributed by atoms with van der Waals surface area (Å²) < 4.78 is 5.69. The molecule has 1 aromatic carbocycles. The lowest BCUT2D eigenvalue weighted by Gasteiger charge is -2.13. The SMILES string of the molecule is Cc1cc(C)c(OCC(=O)NN=C2CCCCCCC2)c(C)c1. The van der Waals surface area contributed by atoms with Crippen molar-refractivity contribution in [3.05, 3.63) is 28.8 Å². The summed E-state index contributed by atoms with van der Waals surface area (Å²) >= 11 is 0. The van der Waals surface area contributed by atoms with Gasteiger partial charge < -0.3 is 4.74 Å². The number of hydrazone groups is 1. The minimum atomic E-state index is -0.195. The Kier molecular flexibility index (Phi) is 6.63. The van der Waals surface area contributed by atoms with Crippen molar-refractivity contribution in [3.63, 3.8) is 0 Å². The number of hydrogen-bond donors (Lipinski definition) is 1. The van der Waals surface area contributed by atoms with Gasteiger partial charge in [-0.1, -0.05) is 37.0 Å². The van der Waals surface area contributed by atoms with Crippen LogP contribution in [0, 0.1) is 20.8 Å². The topological polar surface area (TPSA) is 50.7 Å². The first kappa shape index (κ1) is 17.5. The lowest BCUT2D eigenvalue weighted by molar-refractivity contribution is -0.123. The summed E-state index contributed by atoms with van der Waals surface area (Å²) in [6.07, 6.45) is 8.20. The molecular weight excluding hydrogens is 288 g/mol. The first-order valence-electron chi connectivity index (χ1n) is 8.61. The fourth-order valence-corrected chi connectivity index (χ4v) is 3.13. The zero-order valence-electron chi connectivity index (χ0n) is 14.6. The molecule has 0 heterocycles. The van der Waals surface area contributed by atoms with Gasteiger partial charge in [0.25, 0.3) is 5.91 Å². The molecule has 4 nitrogen and oxygen atoms in total. The van der Waals surface area contributed by atoms with E-state index in [4.69, 9.17) is 4.74 Å². The highest BCUT2D eigenvalue weighted by Gasteiger charge is 2.09. The van der Waals surface area contributed by atoms with Crippen molar-refractivity contribution in [1.82, 2.24) is 5.43 Å². The van der Waals surface area contributed by atoms with E-state index in [1.165, 1.54) is 37.7 Å². The Bertz CT molecular complexity index is 546. The highest BCUT2D eigenvalue weighted by Crippen LogP contribution is 2.24. The summed E-state index contributed by atoms with van der Waals surface area (Å²) in [5.41, 5.74) is 7.07. The van der Waals surface area contributed by atoms with Crippen LogP contribution in [0.2, 0.25) is 0 Å². The summed E-state index contributed by atoms with van der Waals surface area (Å²) in [4.78, 5) is 12.0. The maximum atomic E-state index is 12.0. The third kappa shape index (κ3) is 5.70. The molecule has 0 spiro atoms. The summed E-state index contributed by atoms with van der Waals surface area (Å²) in [6, 6.07) is 4.13. The Balaban J connectivity index is 1.85. The van der Waals surface area contributed by atoms with Crippen LogP contribution in [0.4, 0.5) is 0 Å². The molecule has 1 amide bonds. The normalized spacial score (nSPS) is 15.5. The number of nitrogens with zero attached hydrogens (tertiary/aromatic N) is 1. The van der Waals surface area contributed by atoms with Crippen LogP contribution in [-0.4, -0.2) is 18.2 Å². The Hall–Kier alpha value is -1.84. The van der Waals surface area contributed by atoms with Gasteiger partial charge in [-0.2, -0.15) is 5.10 Å². The maximum absolute atomic E-state index is 12.0. The third-order valence-electron chi connectivity index (χ3n) is 4.22. The van der Waals surface area contributed by atoms with Crippen LogP contribution in [0.25, 0.3) is 0 Å². The minimum Gasteiger partial charge on any atom is -0.483 e. The predicted molar refractivity (Wildman–Crippen MR) is 94.0 cm³/mol. The first-order valence-corrected chi connectivity index (χ1v) is 8.61. The number of hydrogen-bond acceptors (Lipinski definition) is 3. The second-order valence-electron chi connectivity index (χ2n) is 6.50. The molecule has 1 aliphatic rings. The van der Waals surface area contributed by atoms with E-state index in [1.54, 1.807) is 0 Å². The average molecular weight is 316 g/mol. The largest absolute Gasteiger partial charge is 0.483 e. The molecule has 0 aromatic heterocycles. The monoisotopic (exact) mass is 316 g/mol. The molecule has 1 aliphatic carbocycles. The quantitative estimate of drug-likeness (QED) is 0.846. The first-order chi connectivity index (χ1) is 11.1. The molecule has 2 rings (SSSR count). The van der Waals surface area contributed by atoms with E-state index < -0.39 is 0 Å². The Morgan fingerprint density at radius 3 is 2.22 bits per heavy atom. The van der Waals surface area contributed by atoms with E-state index in [1.807, 2.05) is 13.8 Å². The van der Waals surface area contributed by atoms with E-state index in [0.717, 1.165) is 35.4 Å². The van der Waals surface area contributed by atoms with Crippen LogP contribution in [0.3, 0.4) is 0 Å². The van der Waals surface area contributed by atoms with Crippen molar-refractivity contribution in [2.75, 3.05) is 6.61 Å². The van der Waals surface area contributed by atoms with Crippen LogP contribution in [0.15, 0.2) is 17.2 Å². The molecule has 1 N–H and O–H groups in total. The van der Waals surface area contributed by atoms with Gasteiger partial charge >= 0.3 is 0 Å². The van der Waals surface area contributed by atoms with Gasteiger partial charge in [0.05, 0.1) is 0 Å². The van der Waals surface area contributed by atoms with E-state index in [0.29, 0.717) is 0 Å². The van der Waals surface area contributed by atoms with Crippen molar-refractivity contribution in [1.29, 1.82) is 0 Å². The van der Waals surface area contributed by atoms with Crippen LogP contribution < -0.4 is 10.2 Å². The molecule has 0 atom stereocenters. The molecule has 0 radical (unpaired) electrons. The number of ether oxygens (including phenoxy) is 1. The number of benzene rings is 1. The van der Waals surface area contributed by atoms with Gasteiger partial charge in [-0.3, -0.25) is 4.79 Å². The van der Waals surface area contributed by atoms with Crippen LogP contribution in [0.5, 0.6) is 5.75 Å². The van der Waals surface area contributed by atoms with Gasteiger partial charge in [0.15, 0.2) is 6.61 Å². The summed E-state index contributed by atoms with van der Waals surface area (Å²) in [6.45, 7) is 6.06. The third-order valence-corrected chi connectivity index (χ3v) is 4.22. The highest BCUT2D eigenvalue weighted by atomic mass is 16.5. The van der Waals surface area contributed by atoms with Crippen molar-refractivity contribution in [3.8, 4) is 5.75 Å². The van der Waals surface area contributed by atoms with Gasteiger partial charge in [-0.25, -0.2) is 5.43 Å². The zero-order chi connectivity index (χ0) is 16.7. The second kappa shape index (κ2) is 8.70. The number of rotatable bonds is 4. The predicted octanol–water partition coefficient (Wildman–Crippen LogP) is 4.21. The fourth-order valence-electron chi connectivity index (χ4n) is 3.13. The van der Waals surface area contributed by atoms with E-state index in [2.05, 4.69) is 29.6 Å². The van der Waals surface area contributed by atoms with Crippen molar-refractivity contribution < 1.29 is 9.53 Å². The molecule has 1 saturated carbocycles. The van der Waals surface area contributed by atoms with Crippen molar-refractivity contribution >= 4 is 11.6 Å². The summed E-state index contributed by atoms with van der Waals surface area (Å²) in [7, 11) is 0. The minimum absolute atomic E-state index is 0.00151. The number of carbonyl (C=O) groups is 1. The average Bonchev–Trinajstić information content (AvgIpc) is 2.44. The molecule has 1 fully saturated rings. The summed E-state index contributed by atoms with van der Waals surface area (Å²) in [5, 5.41) is 4.29. The van der Waals surface area contributed by atoms with Gasteiger partial charge in [-0.05, 0) is 57.6 Å². The summed E-state index contributed by atoms with van der Waals surface area (Å²) in [5.74, 6) is 0.600. The van der Waals surface area contributed by atoms with Crippen molar-refractivity contribution in [2.24, 2.45) is 5.10 Å². The van der Waals surface area contributed by atoms with Gasteiger partial charge in [-0.15, -0.1) is 0 Å². The van der Waals surface area contributed by atoms with E-state index in [-0.39, 0.29) is 12.5 Å². The number of carbonyl (C=O) groups excluding carboxylic acids is 1. The Labute approximate surface area is 139 Å². The molecule has 23 heavy (non-hydrogen) atoms. The van der Waals surface area contributed by atoms with Gasteiger partial charge in [0, 0.05) is 5.71 Å². The molecule has 0 unspecified atom stereocenters. The molecular formula is C19H28N2O2. The number of amides is 1. The van der Waals surface area contributed by atoms with E-state index >= 15 is 0 Å². The van der Waals surface area contributed by atoms with Crippen LogP contribution >= 0.6 is 0 Å². The van der Waals surface area contributed by atoms with Crippen molar-refractivity contribution in [2.45, 2.75) is 65.7 Å². The zero-order valence-corrected chi connectivity index (χ0v) is 14.6. The van der Waals surface area contributed by atoms with Gasteiger partial charge in [0.2, 0.25) is 0 Å². The molecule has 0 aliphatic heterocycles. The Morgan fingerprint density at radius 1 is 1.04 bits per heavy atom. The highest BCUT2D eigenvalue weighted by molar-refractivity contribution is 5.86. The lowest BCUT2D eigenvalue weighted by atomic mass is 9.99. The molecule has 126 valence electrons. The maximum Gasteiger partial charge on any atom is 0.277 e. The smallest absolute Gasteiger partial charge is 0.277 e. The number of nitrogens with one attached hydrogen (secondary N) is 1. The molecule has 0 bridgehead atoms. The number of aryl methyl sites for hydroxylation is 3. The molecule has 0 saturated heterocycles. The Morgan fingerprint density at radius 2 is 1.61 bits per heavy atom.